The SMILES string of the molecule is CC.CCc1cc(C2CCC(NC)CC2)ccc1-c1ccc(C2CCC(CCCCSC)CC2)cc1. The van der Waals surface area contributed by atoms with Crippen LogP contribution in [0.15, 0.2) is 42.5 Å². The molecule has 36 heavy (non-hydrogen) atoms. The fourth-order valence-corrected chi connectivity index (χ4v) is 7.05. The van der Waals surface area contributed by atoms with E-state index in [1.807, 2.05) is 25.6 Å². The minimum absolute atomic E-state index is 0.722. The number of rotatable bonds is 10. The van der Waals surface area contributed by atoms with Crippen LogP contribution in [0.25, 0.3) is 11.1 Å². The quantitative estimate of drug-likeness (QED) is 0.321. The molecule has 0 unspecified atom stereocenters. The Bertz CT molecular complexity index is 857. The zero-order valence-corrected chi connectivity index (χ0v) is 24.8. The number of hydrogen-bond acceptors (Lipinski definition) is 2. The Morgan fingerprint density at radius 3 is 2.00 bits per heavy atom. The lowest BCUT2D eigenvalue weighted by atomic mass is 9.77. The Hall–Kier alpha value is -1.25. The minimum atomic E-state index is 0.722. The van der Waals surface area contributed by atoms with Crippen LogP contribution < -0.4 is 5.32 Å². The maximum atomic E-state index is 3.47. The van der Waals surface area contributed by atoms with E-state index in [-0.39, 0.29) is 0 Å². The lowest BCUT2D eigenvalue weighted by molar-refractivity contribution is 0.304. The minimum Gasteiger partial charge on any atom is -0.317 e. The van der Waals surface area contributed by atoms with Crippen molar-refractivity contribution in [2.75, 3.05) is 19.1 Å². The summed E-state index contributed by atoms with van der Waals surface area (Å²) in [5, 5.41) is 3.47. The van der Waals surface area contributed by atoms with Gasteiger partial charge in [0.05, 0.1) is 0 Å². The van der Waals surface area contributed by atoms with Gasteiger partial charge in [-0.05, 0) is 129 Å². The summed E-state index contributed by atoms with van der Waals surface area (Å²) >= 11 is 1.99. The van der Waals surface area contributed by atoms with Crippen molar-refractivity contribution in [3.63, 3.8) is 0 Å². The van der Waals surface area contributed by atoms with Gasteiger partial charge in [0.15, 0.2) is 0 Å². The van der Waals surface area contributed by atoms with Gasteiger partial charge < -0.3 is 5.32 Å². The summed E-state index contributed by atoms with van der Waals surface area (Å²) in [5.74, 6) is 3.84. The van der Waals surface area contributed by atoms with Crippen LogP contribution in [0, 0.1) is 5.92 Å². The first kappa shape index (κ1) is 29.3. The second-order valence-electron chi connectivity index (χ2n) is 10.9. The first-order valence-electron chi connectivity index (χ1n) is 15.1. The summed E-state index contributed by atoms with van der Waals surface area (Å²) < 4.78 is 0. The lowest BCUT2D eigenvalue weighted by Gasteiger charge is -2.29. The van der Waals surface area contributed by atoms with Crippen LogP contribution in [-0.2, 0) is 6.42 Å². The van der Waals surface area contributed by atoms with Crippen molar-refractivity contribution >= 4 is 11.8 Å². The fraction of sp³-hybridized carbons (Fsp3) is 0.647. The first-order valence-corrected chi connectivity index (χ1v) is 16.5. The van der Waals surface area contributed by atoms with E-state index in [1.165, 1.54) is 93.1 Å². The molecule has 2 fully saturated rings. The van der Waals surface area contributed by atoms with Crippen LogP contribution >= 0.6 is 11.8 Å². The number of benzene rings is 2. The molecule has 0 aromatic heterocycles. The maximum Gasteiger partial charge on any atom is 0.00644 e. The smallest absolute Gasteiger partial charge is 0.00644 e. The molecule has 2 heteroatoms. The van der Waals surface area contributed by atoms with Gasteiger partial charge in [0.1, 0.15) is 0 Å². The summed E-state index contributed by atoms with van der Waals surface area (Å²) in [7, 11) is 2.11. The van der Waals surface area contributed by atoms with Gasteiger partial charge >= 0.3 is 0 Å². The first-order chi connectivity index (χ1) is 17.7. The third kappa shape index (κ3) is 8.12. The highest BCUT2D eigenvalue weighted by Crippen LogP contribution is 2.39. The summed E-state index contributed by atoms with van der Waals surface area (Å²) in [4.78, 5) is 0. The van der Waals surface area contributed by atoms with Crippen molar-refractivity contribution in [2.24, 2.45) is 5.92 Å². The van der Waals surface area contributed by atoms with Crippen LogP contribution in [0.4, 0.5) is 0 Å². The van der Waals surface area contributed by atoms with Crippen molar-refractivity contribution in [1.82, 2.24) is 5.32 Å². The van der Waals surface area contributed by atoms with E-state index in [9.17, 15) is 0 Å². The van der Waals surface area contributed by atoms with Gasteiger partial charge in [0.25, 0.3) is 0 Å². The second-order valence-corrected chi connectivity index (χ2v) is 11.9. The number of aryl methyl sites for hydroxylation is 1. The highest BCUT2D eigenvalue weighted by molar-refractivity contribution is 7.98. The molecule has 0 radical (unpaired) electrons. The molecule has 0 spiro atoms. The molecule has 1 nitrogen and oxygen atoms in total. The molecule has 0 atom stereocenters. The molecule has 2 saturated carbocycles. The third-order valence-corrected chi connectivity index (χ3v) is 9.56. The predicted octanol–water partition coefficient (Wildman–Crippen LogP) is 9.99. The summed E-state index contributed by atoms with van der Waals surface area (Å²) in [5.41, 5.74) is 7.49. The average Bonchev–Trinajstić information content (AvgIpc) is 2.96. The molecule has 2 aliphatic carbocycles. The Balaban J connectivity index is 0.00000176. The van der Waals surface area contributed by atoms with Crippen molar-refractivity contribution in [2.45, 2.75) is 116 Å². The van der Waals surface area contributed by atoms with Gasteiger partial charge in [0, 0.05) is 6.04 Å². The van der Waals surface area contributed by atoms with Crippen molar-refractivity contribution in [3.05, 3.63) is 59.2 Å². The van der Waals surface area contributed by atoms with E-state index < -0.39 is 0 Å². The summed E-state index contributed by atoms with van der Waals surface area (Å²) in [6.45, 7) is 6.31. The number of thioether (sulfide) groups is 1. The normalized spacial score (nSPS) is 24.1. The molecule has 1 N–H and O–H groups in total. The molecule has 2 aromatic carbocycles. The highest BCUT2D eigenvalue weighted by Gasteiger charge is 2.23. The van der Waals surface area contributed by atoms with Gasteiger partial charge in [-0.2, -0.15) is 11.8 Å². The van der Waals surface area contributed by atoms with Crippen LogP contribution in [0.3, 0.4) is 0 Å². The predicted molar refractivity (Wildman–Crippen MR) is 164 cm³/mol. The van der Waals surface area contributed by atoms with E-state index in [0.29, 0.717) is 0 Å². The Morgan fingerprint density at radius 2 is 1.39 bits per heavy atom. The Morgan fingerprint density at radius 1 is 0.778 bits per heavy atom. The summed E-state index contributed by atoms with van der Waals surface area (Å²) in [6.07, 6.45) is 18.5. The third-order valence-electron chi connectivity index (χ3n) is 8.87. The Labute approximate surface area is 227 Å². The molecule has 2 aliphatic rings. The van der Waals surface area contributed by atoms with E-state index in [4.69, 9.17) is 0 Å². The van der Waals surface area contributed by atoms with E-state index in [2.05, 4.69) is 68.0 Å². The largest absolute Gasteiger partial charge is 0.317 e. The molecule has 200 valence electrons. The van der Waals surface area contributed by atoms with E-state index in [1.54, 1.807) is 11.1 Å². The maximum absolute atomic E-state index is 3.47. The fourth-order valence-electron chi connectivity index (χ4n) is 6.56. The topological polar surface area (TPSA) is 12.0 Å². The zero-order valence-electron chi connectivity index (χ0n) is 24.0. The van der Waals surface area contributed by atoms with Crippen LogP contribution in [0.2, 0.25) is 0 Å². The Kier molecular flexibility index (Phi) is 12.9. The zero-order chi connectivity index (χ0) is 25.8. The van der Waals surface area contributed by atoms with Crippen LogP contribution in [-0.4, -0.2) is 25.1 Å². The highest BCUT2D eigenvalue weighted by atomic mass is 32.2. The summed E-state index contributed by atoms with van der Waals surface area (Å²) in [6, 6.07) is 17.7. The molecule has 2 aromatic rings. The standard InChI is InChI=1S/C32H47NS.C2H6/c1-4-25-23-30(28-16-19-31(33-2)20-17-28)18-21-32(25)29-14-12-27(13-15-29)26-10-8-24(9-11-26)7-5-6-22-34-3;1-2/h12-15,18,21,23-24,26,28,31,33H,4-11,16-17,19-20,22H2,1-3H3;1-2H3. The van der Waals surface area contributed by atoms with Gasteiger partial charge in [-0.25, -0.2) is 0 Å². The van der Waals surface area contributed by atoms with Crippen LogP contribution in [0.1, 0.15) is 120 Å². The monoisotopic (exact) mass is 507 g/mol. The molecular weight excluding hydrogens is 454 g/mol. The average molecular weight is 508 g/mol. The van der Waals surface area contributed by atoms with Crippen molar-refractivity contribution in [3.8, 4) is 11.1 Å². The number of hydrogen-bond donors (Lipinski definition) is 1. The second kappa shape index (κ2) is 15.9. The van der Waals surface area contributed by atoms with Crippen LogP contribution in [0.5, 0.6) is 0 Å². The van der Waals surface area contributed by atoms with Gasteiger partial charge in [-0.15, -0.1) is 0 Å². The van der Waals surface area contributed by atoms with E-state index >= 15 is 0 Å². The van der Waals surface area contributed by atoms with Gasteiger partial charge in [0.2, 0.25) is 0 Å². The molecule has 0 bridgehead atoms. The molecule has 4 rings (SSSR count). The molecular formula is C34H53NS. The van der Waals surface area contributed by atoms with Crippen molar-refractivity contribution in [1.29, 1.82) is 0 Å². The van der Waals surface area contributed by atoms with Crippen molar-refractivity contribution < 1.29 is 0 Å². The molecule has 0 saturated heterocycles. The van der Waals surface area contributed by atoms with E-state index in [0.717, 1.165) is 30.2 Å². The lowest BCUT2D eigenvalue weighted by Crippen LogP contribution is -2.29. The van der Waals surface area contributed by atoms with Gasteiger partial charge in [-0.1, -0.05) is 76.1 Å². The molecule has 0 heterocycles. The number of unbranched alkanes of at least 4 members (excludes halogenated alkanes) is 1. The number of nitrogens with one attached hydrogen (secondary N) is 1. The molecule has 0 aliphatic heterocycles. The molecule has 0 amide bonds. The van der Waals surface area contributed by atoms with Gasteiger partial charge in [-0.3, -0.25) is 0 Å².